The van der Waals surface area contributed by atoms with Crippen molar-refractivity contribution in [2.24, 2.45) is 5.73 Å². The van der Waals surface area contributed by atoms with Crippen LogP contribution < -0.4 is 11.1 Å². The largest absolute Gasteiger partial charge is 0.379 e. The number of amidine groups is 1. The average Bonchev–Trinajstić information content (AvgIpc) is 2.29. The number of nitro groups is 1. The van der Waals surface area contributed by atoms with Gasteiger partial charge in [0.05, 0.1) is 21.4 Å². The Morgan fingerprint density at radius 1 is 1.58 bits per heavy atom. The molecule has 10 heteroatoms. The molecule has 0 fully saturated rings. The maximum absolute atomic E-state index is 11.4. The smallest absolute Gasteiger partial charge is 0.271 e. The zero-order chi connectivity index (χ0) is 13.7. The number of thioether (sulfide) groups is 1. The summed E-state index contributed by atoms with van der Waals surface area (Å²) in [6, 6.07) is 3.73. The predicted octanol–water partition coefficient (Wildman–Crippen LogP) is 2.24. The van der Waals surface area contributed by atoms with Crippen molar-refractivity contribution in [1.82, 2.24) is 0 Å². The third-order valence-electron chi connectivity index (χ3n) is 1.80. The van der Waals surface area contributed by atoms with E-state index in [0.29, 0.717) is 0 Å². The van der Waals surface area contributed by atoms with Crippen molar-refractivity contribution in [3.05, 3.63) is 33.3 Å². The first-order chi connectivity index (χ1) is 8.40. The fourth-order valence-corrected chi connectivity index (χ4v) is 1.63. The summed E-state index contributed by atoms with van der Waals surface area (Å²) in [6.45, 7) is 0. The number of nitrogens with two attached hydrogens (primary N) is 1. The SMILES string of the molecule is Cl.N=C(N)SCC(=O)Nc1ccc([N+](=O)[O-])cc1Cl. The Labute approximate surface area is 123 Å². The molecule has 0 radical (unpaired) electrons. The van der Waals surface area contributed by atoms with Gasteiger partial charge >= 0.3 is 0 Å². The lowest BCUT2D eigenvalue weighted by Crippen LogP contribution is -2.17. The van der Waals surface area contributed by atoms with E-state index in [-0.39, 0.29) is 39.7 Å². The summed E-state index contributed by atoms with van der Waals surface area (Å²) in [4.78, 5) is 21.3. The zero-order valence-corrected chi connectivity index (χ0v) is 11.8. The summed E-state index contributed by atoms with van der Waals surface area (Å²) in [5.74, 6) is -0.422. The molecule has 19 heavy (non-hydrogen) atoms. The second-order valence-corrected chi connectivity index (χ2v) is 4.55. The lowest BCUT2D eigenvalue weighted by Gasteiger charge is -2.06. The van der Waals surface area contributed by atoms with Gasteiger partial charge in [0.25, 0.3) is 5.69 Å². The minimum absolute atomic E-state index is 0. The first-order valence-corrected chi connectivity index (χ1v) is 5.97. The highest BCUT2D eigenvalue weighted by Crippen LogP contribution is 2.26. The average molecular weight is 325 g/mol. The van der Waals surface area contributed by atoms with E-state index in [1.54, 1.807) is 0 Å². The monoisotopic (exact) mass is 324 g/mol. The number of non-ortho nitro benzene ring substituents is 1. The number of anilines is 1. The minimum Gasteiger partial charge on any atom is -0.379 e. The first-order valence-electron chi connectivity index (χ1n) is 4.60. The van der Waals surface area contributed by atoms with Gasteiger partial charge in [-0.1, -0.05) is 23.4 Å². The van der Waals surface area contributed by atoms with Crippen LogP contribution in [0, 0.1) is 15.5 Å². The molecule has 0 atom stereocenters. The highest BCUT2D eigenvalue weighted by molar-refractivity contribution is 8.14. The van der Waals surface area contributed by atoms with Crippen molar-refractivity contribution < 1.29 is 9.72 Å². The van der Waals surface area contributed by atoms with Crippen LogP contribution in [0.25, 0.3) is 0 Å². The lowest BCUT2D eigenvalue weighted by atomic mass is 10.3. The number of nitro benzene ring substituents is 1. The van der Waals surface area contributed by atoms with Crippen LogP contribution in [0.5, 0.6) is 0 Å². The van der Waals surface area contributed by atoms with Crippen LogP contribution in [-0.4, -0.2) is 21.8 Å². The Hall–Kier alpha value is -1.51. The van der Waals surface area contributed by atoms with Crippen LogP contribution in [0.15, 0.2) is 18.2 Å². The van der Waals surface area contributed by atoms with Gasteiger partial charge in [0, 0.05) is 12.1 Å². The molecule has 0 aromatic heterocycles. The van der Waals surface area contributed by atoms with Gasteiger partial charge in [-0.3, -0.25) is 20.3 Å². The van der Waals surface area contributed by atoms with Crippen LogP contribution in [0.3, 0.4) is 0 Å². The second-order valence-electron chi connectivity index (χ2n) is 3.12. The van der Waals surface area contributed by atoms with E-state index < -0.39 is 10.8 Å². The fraction of sp³-hybridized carbons (Fsp3) is 0.111. The number of nitrogens with zero attached hydrogens (tertiary/aromatic N) is 1. The summed E-state index contributed by atoms with van der Waals surface area (Å²) in [7, 11) is 0. The van der Waals surface area contributed by atoms with Crippen LogP contribution in [0.1, 0.15) is 0 Å². The molecule has 1 aromatic carbocycles. The van der Waals surface area contributed by atoms with E-state index in [0.717, 1.165) is 17.8 Å². The van der Waals surface area contributed by atoms with Crippen molar-refractivity contribution in [2.75, 3.05) is 11.1 Å². The van der Waals surface area contributed by atoms with Gasteiger partial charge in [0.2, 0.25) is 5.91 Å². The number of carbonyl (C=O) groups excluding carboxylic acids is 1. The maximum atomic E-state index is 11.4. The fourth-order valence-electron chi connectivity index (χ4n) is 1.05. The number of nitrogens with one attached hydrogen (secondary N) is 2. The normalized spacial score (nSPS) is 9.32. The van der Waals surface area contributed by atoms with E-state index in [1.165, 1.54) is 12.1 Å². The van der Waals surface area contributed by atoms with Crippen molar-refractivity contribution >= 4 is 58.2 Å². The van der Waals surface area contributed by atoms with Crippen molar-refractivity contribution in [3.63, 3.8) is 0 Å². The van der Waals surface area contributed by atoms with E-state index in [4.69, 9.17) is 22.7 Å². The number of carbonyl (C=O) groups is 1. The molecule has 1 aromatic rings. The molecule has 0 saturated heterocycles. The van der Waals surface area contributed by atoms with E-state index in [1.807, 2.05) is 0 Å². The van der Waals surface area contributed by atoms with Gasteiger partial charge < -0.3 is 11.1 Å². The highest BCUT2D eigenvalue weighted by Gasteiger charge is 2.11. The number of rotatable bonds is 4. The third kappa shape index (κ3) is 5.77. The van der Waals surface area contributed by atoms with Gasteiger partial charge in [0.1, 0.15) is 0 Å². The molecule has 0 unspecified atom stereocenters. The number of benzene rings is 1. The molecule has 0 bridgehead atoms. The predicted molar refractivity (Wildman–Crippen MR) is 78.4 cm³/mol. The zero-order valence-electron chi connectivity index (χ0n) is 9.38. The number of hydrogen-bond acceptors (Lipinski definition) is 5. The quantitative estimate of drug-likeness (QED) is 0.339. The van der Waals surface area contributed by atoms with Crippen LogP contribution >= 0.6 is 35.8 Å². The summed E-state index contributed by atoms with van der Waals surface area (Å²) >= 11 is 6.66. The third-order valence-corrected chi connectivity index (χ3v) is 2.83. The summed E-state index contributed by atoms with van der Waals surface area (Å²) in [6.07, 6.45) is 0. The number of hydrogen-bond donors (Lipinski definition) is 3. The minimum atomic E-state index is -0.580. The van der Waals surface area contributed by atoms with Crippen LogP contribution in [-0.2, 0) is 4.79 Å². The molecule has 0 aliphatic carbocycles. The Morgan fingerprint density at radius 3 is 2.68 bits per heavy atom. The molecule has 0 heterocycles. The molecule has 0 aliphatic rings. The standard InChI is InChI=1S/C9H9ClN4O3S.ClH/c10-6-3-5(14(16)17)1-2-7(6)13-8(15)4-18-9(11)12;/h1-3H,4H2,(H3,11,12)(H,13,15);1H. The van der Waals surface area contributed by atoms with Crippen LogP contribution in [0.2, 0.25) is 5.02 Å². The Balaban J connectivity index is 0.00000324. The van der Waals surface area contributed by atoms with Gasteiger partial charge in [-0.25, -0.2) is 0 Å². The molecule has 0 spiro atoms. The van der Waals surface area contributed by atoms with Gasteiger partial charge in [-0.05, 0) is 6.07 Å². The van der Waals surface area contributed by atoms with Gasteiger partial charge in [0.15, 0.2) is 5.17 Å². The van der Waals surface area contributed by atoms with E-state index >= 15 is 0 Å². The van der Waals surface area contributed by atoms with Gasteiger partial charge in [-0.2, -0.15) is 0 Å². The first kappa shape index (κ1) is 17.5. The van der Waals surface area contributed by atoms with Crippen molar-refractivity contribution in [3.8, 4) is 0 Å². The highest BCUT2D eigenvalue weighted by atomic mass is 35.5. The molecule has 0 saturated carbocycles. The Bertz CT molecular complexity index is 512. The molecule has 104 valence electrons. The molecular formula is C9H10Cl2N4O3S. The van der Waals surface area contributed by atoms with Crippen LogP contribution in [0.4, 0.5) is 11.4 Å². The maximum Gasteiger partial charge on any atom is 0.271 e. The molecule has 1 amide bonds. The molecule has 1 rings (SSSR count). The Morgan fingerprint density at radius 2 is 2.21 bits per heavy atom. The molecular weight excluding hydrogens is 315 g/mol. The van der Waals surface area contributed by atoms with Crippen molar-refractivity contribution in [2.45, 2.75) is 0 Å². The topological polar surface area (TPSA) is 122 Å². The molecule has 4 N–H and O–H groups in total. The number of amides is 1. The van der Waals surface area contributed by atoms with E-state index in [9.17, 15) is 14.9 Å². The summed E-state index contributed by atoms with van der Waals surface area (Å²) in [5, 5.41) is 19.8. The summed E-state index contributed by atoms with van der Waals surface area (Å²) < 4.78 is 0. The lowest BCUT2D eigenvalue weighted by molar-refractivity contribution is -0.384. The number of halogens is 2. The molecule has 7 nitrogen and oxygen atoms in total. The second kappa shape index (κ2) is 7.82. The van der Waals surface area contributed by atoms with Gasteiger partial charge in [-0.15, -0.1) is 12.4 Å². The van der Waals surface area contributed by atoms with Crippen molar-refractivity contribution in [1.29, 1.82) is 5.41 Å². The summed E-state index contributed by atoms with van der Waals surface area (Å²) in [5.41, 5.74) is 5.20. The molecule has 0 aliphatic heterocycles. The van der Waals surface area contributed by atoms with E-state index in [2.05, 4.69) is 5.32 Å². The Kier molecular flexibility index (Phi) is 7.20.